The Kier molecular flexibility index (Phi) is 7.57. The Morgan fingerprint density at radius 3 is 2.44 bits per heavy atom. The molecular formula is C30H29N7O5S. The number of rotatable bonds is 7. The summed E-state index contributed by atoms with van der Waals surface area (Å²) in [6.07, 6.45) is 2.40. The third-order valence-electron chi connectivity index (χ3n) is 7.26. The highest BCUT2D eigenvalue weighted by atomic mass is 32.2. The summed E-state index contributed by atoms with van der Waals surface area (Å²) in [5.74, 6) is -0.0799. The first-order valence-electron chi connectivity index (χ1n) is 13.6. The van der Waals surface area contributed by atoms with Crippen molar-refractivity contribution < 1.29 is 22.7 Å². The van der Waals surface area contributed by atoms with Crippen LogP contribution in [0.25, 0.3) is 10.9 Å². The maximum atomic E-state index is 13.6. The molecular weight excluding hydrogens is 570 g/mol. The highest BCUT2D eigenvalue weighted by Gasteiger charge is 2.23. The second-order valence-electron chi connectivity index (χ2n) is 10.1. The summed E-state index contributed by atoms with van der Waals surface area (Å²) < 4.78 is 31.8. The van der Waals surface area contributed by atoms with Crippen molar-refractivity contribution in [2.75, 3.05) is 48.8 Å². The lowest BCUT2D eigenvalue weighted by Gasteiger charge is -2.34. The lowest BCUT2D eigenvalue weighted by Crippen LogP contribution is -2.44. The van der Waals surface area contributed by atoms with Gasteiger partial charge >= 0.3 is 6.09 Å². The lowest BCUT2D eigenvalue weighted by atomic mass is 10.1. The maximum Gasteiger partial charge on any atom is 0.417 e. The number of nitrogens with zero attached hydrogens (tertiary/aromatic N) is 3. The Balaban J connectivity index is 1.30. The van der Waals surface area contributed by atoms with Gasteiger partial charge in [-0.05, 0) is 61.6 Å². The summed E-state index contributed by atoms with van der Waals surface area (Å²) in [4.78, 5) is 33.8. The van der Waals surface area contributed by atoms with Crippen molar-refractivity contribution in [1.82, 2.24) is 20.1 Å². The number of carbonyl (C=O) groups is 2. The van der Waals surface area contributed by atoms with Gasteiger partial charge in [0.15, 0.2) is 5.82 Å². The average molecular weight is 600 g/mol. The van der Waals surface area contributed by atoms with Crippen LogP contribution in [-0.2, 0) is 9.84 Å². The summed E-state index contributed by atoms with van der Waals surface area (Å²) in [5.41, 5.74) is 1.82. The van der Waals surface area contributed by atoms with Gasteiger partial charge in [0.25, 0.3) is 5.91 Å². The van der Waals surface area contributed by atoms with Crippen molar-refractivity contribution in [3.8, 4) is 5.75 Å². The van der Waals surface area contributed by atoms with Crippen LogP contribution < -0.4 is 20.3 Å². The van der Waals surface area contributed by atoms with E-state index in [0.29, 0.717) is 16.7 Å². The normalized spacial score (nSPS) is 14.0. The minimum Gasteiger partial charge on any atom is -0.408 e. The van der Waals surface area contributed by atoms with Crippen LogP contribution >= 0.6 is 0 Å². The molecule has 12 nitrogen and oxygen atoms in total. The monoisotopic (exact) mass is 599 g/mol. The molecule has 1 aliphatic rings. The number of piperazine rings is 1. The van der Waals surface area contributed by atoms with Gasteiger partial charge in [0, 0.05) is 49.6 Å². The molecule has 0 aliphatic carbocycles. The van der Waals surface area contributed by atoms with Crippen molar-refractivity contribution in [3.05, 3.63) is 90.8 Å². The van der Waals surface area contributed by atoms with Crippen molar-refractivity contribution in [3.63, 3.8) is 0 Å². The molecule has 3 aromatic carbocycles. The van der Waals surface area contributed by atoms with E-state index in [-0.39, 0.29) is 26.9 Å². The number of benzene rings is 3. The van der Waals surface area contributed by atoms with E-state index in [1.54, 1.807) is 48.7 Å². The molecule has 0 atom stereocenters. The van der Waals surface area contributed by atoms with Gasteiger partial charge in [0.1, 0.15) is 5.75 Å². The zero-order chi connectivity index (χ0) is 30.0. The summed E-state index contributed by atoms with van der Waals surface area (Å²) in [6, 6.07) is 19.5. The van der Waals surface area contributed by atoms with Gasteiger partial charge in [-0.15, -0.1) is 0 Å². The topological polar surface area (TPSA) is 153 Å². The molecule has 6 rings (SSSR count). The van der Waals surface area contributed by atoms with E-state index < -0.39 is 21.8 Å². The highest BCUT2D eigenvalue weighted by Crippen LogP contribution is 2.30. The number of H-pyrrole nitrogens is 2. The summed E-state index contributed by atoms with van der Waals surface area (Å²) >= 11 is 0. The molecule has 43 heavy (non-hydrogen) atoms. The fourth-order valence-electron chi connectivity index (χ4n) is 4.88. The lowest BCUT2D eigenvalue weighted by molar-refractivity contribution is 0.102. The van der Waals surface area contributed by atoms with Gasteiger partial charge in [-0.3, -0.25) is 15.2 Å². The van der Waals surface area contributed by atoms with Gasteiger partial charge < -0.3 is 24.8 Å². The van der Waals surface area contributed by atoms with Crippen molar-refractivity contribution in [2.45, 2.75) is 9.79 Å². The molecule has 0 bridgehead atoms. The van der Waals surface area contributed by atoms with Crippen LogP contribution in [-0.4, -0.2) is 73.7 Å². The van der Waals surface area contributed by atoms with E-state index in [9.17, 15) is 18.0 Å². The predicted molar refractivity (Wildman–Crippen MR) is 163 cm³/mol. The molecule has 5 aromatic rings. The summed E-state index contributed by atoms with van der Waals surface area (Å²) in [6.45, 7) is 3.36. The number of aromatic amines is 2. The Morgan fingerprint density at radius 1 is 0.907 bits per heavy atom. The van der Waals surface area contributed by atoms with E-state index in [1.165, 1.54) is 30.5 Å². The molecule has 13 heteroatoms. The molecule has 0 spiro atoms. The Hall–Kier alpha value is -5.14. The Labute approximate surface area is 247 Å². The highest BCUT2D eigenvalue weighted by molar-refractivity contribution is 7.91. The van der Waals surface area contributed by atoms with Gasteiger partial charge in [0.2, 0.25) is 9.84 Å². The second-order valence-corrected chi connectivity index (χ2v) is 12.1. The van der Waals surface area contributed by atoms with Crippen LogP contribution in [0.2, 0.25) is 0 Å². The fraction of sp³-hybridized carbons (Fsp3) is 0.167. The Bertz CT molecular complexity index is 1880. The van der Waals surface area contributed by atoms with E-state index in [1.807, 2.05) is 6.07 Å². The average Bonchev–Trinajstić information content (AvgIpc) is 3.67. The number of carbonyl (C=O) groups excluding carboxylic acids is 2. The number of nitrogens with one attached hydrogen (secondary N) is 4. The summed E-state index contributed by atoms with van der Waals surface area (Å²) in [7, 11) is -1.73. The van der Waals surface area contributed by atoms with Gasteiger partial charge in [-0.2, -0.15) is 5.10 Å². The van der Waals surface area contributed by atoms with Crippen LogP contribution in [0.4, 0.5) is 22.0 Å². The zero-order valence-corrected chi connectivity index (χ0v) is 24.0. The van der Waals surface area contributed by atoms with Crippen molar-refractivity contribution in [1.29, 1.82) is 0 Å². The molecule has 3 heterocycles. The maximum absolute atomic E-state index is 13.6. The molecule has 0 saturated carbocycles. The number of hydrogen-bond acceptors (Lipinski definition) is 8. The molecule has 1 aliphatic heterocycles. The van der Waals surface area contributed by atoms with Gasteiger partial charge in [0.05, 0.1) is 26.6 Å². The van der Waals surface area contributed by atoms with Gasteiger partial charge in [-0.25, -0.2) is 13.2 Å². The second kappa shape index (κ2) is 11.6. The molecule has 0 radical (unpaired) electrons. The number of aromatic nitrogens is 3. The third kappa shape index (κ3) is 5.94. The number of amides is 2. The Morgan fingerprint density at radius 2 is 1.70 bits per heavy atom. The largest absolute Gasteiger partial charge is 0.417 e. The molecule has 220 valence electrons. The fourth-order valence-corrected chi connectivity index (χ4v) is 6.18. The molecule has 1 fully saturated rings. The standard InChI is InChI=1S/C30H29N7O5S/c1-36-13-15-37(16-14-36)20-7-9-24(27(17-20)32-30(39)42-21-11-12-31-19-21)29(38)33-28-25-18-23(8-10-26(25)34-35-28)43(40,41)22-5-3-2-4-6-22/h2-12,17-19,31H,13-16H2,1H3,(H,32,39)(H2,33,34,35,38). The number of anilines is 3. The smallest absolute Gasteiger partial charge is 0.408 e. The minimum absolute atomic E-state index is 0.0643. The van der Waals surface area contributed by atoms with Crippen LogP contribution in [0.5, 0.6) is 5.75 Å². The third-order valence-corrected chi connectivity index (χ3v) is 9.03. The van der Waals surface area contributed by atoms with Crippen LogP contribution in [0.15, 0.2) is 95.0 Å². The number of likely N-dealkylation sites (N-methyl/N-ethyl adjacent to an activating group) is 1. The van der Waals surface area contributed by atoms with E-state index >= 15 is 0 Å². The number of hydrogen-bond donors (Lipinski definition) is 4. The van der Waals surface area contributed by atoms with Crippen molar-refractivity contribution >= 4 is 49.9 Å². The molecule has 0 unspecified atom stereocenters. The quantitative estimate of drug-likeness (QED) is 0.216. The molecule has 2 aromatic heterocycles. The van der Waals surface area contributed by atoms with Gasteiger partial charge in [-0.1, -0.05) is 18.2 Å². The van der Waals surface area contributed by atoms with E-state index in [2.05, 4.69) is 42.7 Å². The first-order chi connectivity index (χ1) is 20.8. The first-order valence-corrected chi connectivity index (χ1v) is 15.0. The molecule has 4 N–H and O–H groups in total. The number of ether oxygens (including phenoxy) is 1. The first kappa shape index (κ1) is 28.0. The van der Waals surface area contributed by atoms with E-state index in [0.717, 1.165) is 31.9 Å². The molecule has 2 amide bonds. The van der Waals surface area contributed by atoms with Crippen LogP contribution in [0, 0.1) is 0 Å². The van der Waals surface area contributed by atoms with Crippen LogP contribution in [0.3, 0.4) is 0 Å². The minimum atomic E-state index is -3.79. The van der Waals surface area contributed by atoms with E-state index in [4.69, 9.17) is 4.74 Å². The zero-order valence-electron chi connectivity index (χ0n) is 23.2. The summed E-state index contributed by atoms with van der Waals surface area (Å²) in [5, 5.41) is 12.9. The molecule has 1 saturated heterocycles. The van der Waals surface area contributed by atoms with Crippen LogP contribution in [0.1, 0.15) is 10.4 Å². The number of sulfone groups is 1. The predicted octanol–water partition coefficient (Wildman–Crippen LogP) is 4.34. The van der Waals surface area contributed by atoms with Crippen molar-refractivity contribution in [2.24, 2.45) is 0 Å². The number of fused-ring (bicyclic) bond motifs is 1. The SMILES string of the molecule is CN1CCN(c2ccc(C(=O)Nc3n[nH]c4ccc(S(=O)(=O)c5ccccc5)cc34)c(NC(=O)Oc3cc[nH]c3)c2)CC1.